The molecule has 0 saturated carbocycles. The summed E-state index contributed by atoms with van der Waals surface area (Å²) >= 11 is 0. The first-order valence-corrected chi connectivity index (χ1v) is 4.08. The zero-order valence-corrected chi connectivity index (χ0v) is 7.18. The average Bonchev–Trinajstić information content (AvgIpc) is 2.06. The van der Waals surface area contributed by atoms with Gasteiger partial charge in [-0.1, -0.05) is 6.08 Å². The van der Waals surface area contributed by atoms with Crippen LogP contribution in [0.4, 0.5) is 0 Å². The third kappa shape index (κ3) is 2.00. The van der Waals surface area contributed by atoms with Crippen molar-refractivity contribution >= 4 is 0 Å². The molecule has 0 aromatic carbocycles. The first kappa shape index (κ1) is 8.18. The monoisotopic (exact) mass is 153 g/mol. The topological polar surface area (TPSA) is 21.3 Å². The van der Waals surface area contributed by atoms with E-state index in [0.717, 1.165) is 30.9 Å². The Labute approximate surface area is 67.9 Å². The van der Waals surface area contributed by atoms with Crippen molar-refractivity contribution < 1.29 is 4.74 Å². The number of rotatable bonds is 3. The van der Waals surface area contributed by atoms with Crippen LogP contribution in [0.1, 0.15) is 19.8 Å². The van der Waals surface area contributed by atoms with Crippen molar-refractivity contribution in [1.82, 2.24) is 5.32 Å². The van der Waals surface area contributed by atoms with Gasteiger partial charge >= 0.3 is 0 Å². The minimum Gasteiger partial charge on any atom is -0.496 e. The molecule has 0 aromatic heterocycles. The Morgan fingerprint density at radius 1 is 1.64 bits per heavy atom. The van der Waals surface area contributed by atoms with Gasteiger partial charge in [0.2, 0.25) is 0 Å². The summed E-state index contributed by atoms with van der Waals surface area (Å²) in [5.74, 6) is 1.09. The molecule has 1 aliphatic carbocycles. The highest BCUT2D eigenvalue weighted by Crippen LogP contribution is 2.17. The van der Waals surface area contributed by atoms with Crippen molar-refractivity contribution in [3.8, 4) is 0 Å². The maximum absolute atomic E-state index is 5.45. The van der Waals surface area contributed by atoms with Crippen LogP contribution in [0.3, 0.4) is 0 Å². The molecule has 0 aromatic rings. The summed E-state index contributed by atoms with van der Waals surface area (Å²) < 4.78 is 5.45. The molecule has 0 atom stereocenters. The van der Waals surface area contributed by atoms with Crippen LogP contribution < -0.4 is 5.32 Å². The number of ether oxygens (including phenoxy) is 1. The van der Waals surface area contributed by atoms with Gasteiger partial charge in [0.05, 0.1) is 12.3 Å². The van der Waals surface area contributed by atoms with Crippen LogP contribution in [0, 0.1) is 0 Å². The molecule has 2 nitrogen and oxygen atoms in total. The molecule has 11 heavy (non-hydrogen) atoms. The highest BCUT2D eigenvalue weighted by molar-refractivity contribution is 5.24. The predicted molar refractivity (Wildman–Crippen MR) is 46.1 cm³/mol. The summed E-state index contributed by atoms with van der Waals surface area (Å²) in [5, 5.41) is 3.11. The number of nitrogens with one attached hydrogen (secondary N) is 1. The summed E-state index contributed by atoms with van der Waals surface area (Å²) in [6.45, 7) is 2.77. The van der Waals surface area contributed by atoms with Crippen molar-refractivity contribution in [2.24, 2.45) is 0 Å². The maximum Gasteiger partial charge on any atom is 0.119 e. The molecule has 0 amide bonds. The Kier molecular flexibility index (Phi) is 3.02. The SMILES string of the molecule is CCOC1=C(NC)C=CCC1. The van der Waals surface area contributed by atoms with E-state index < -0.39 is 0 Å². The van der Waals surface area contributed by atoms with E-state index in [2.05, 4.69) is 17.5 Å². The zero-order valence-electron chi connectivity index (χ0n) is 7.18. The Hall–Kier alpha value is -0.920. The van der Waals surface area contributed by atoms with Gasteiger partial charge in [0.25, 0.3) is 0 Å². The van der Waals surface area contributed by atoms with Gasteiger partial charge in [-0.05, 0) is 19.4 Å². The lowest BCUT2D eigenvalue weighted by Gasteiger charge is -2.15. The zero-order chi connectivity index (χ0) is 8.10. The van der Waals surface area contributed by atoms with E-state index in [1.807, 2.05) is 14.0 Å². The molecule has 0 heterocycles. The quantitative estimate of drug-likeness (QED) is 0.667. The maximum atomic E-state index is 5.45. The van der Waals surface area contributed by atoms with E-state index in [1.165, 1.54) is 0 Å². The smallest absolute Gasteiger partial charge is 0.119 e. The molecule has 0 radical (unpaired) electrons. The van der Waals surface area contributed by atoms with Gasteiger partial charge in [-0.15, -0.1) is 0 Å². The van der Waals surface area contributed by atoms with Crippen LogP contribution >= 0.6 is 0 Å². The van der Waals surface area contributed by atoms with Crippen LogP contribution in [-0.4, -0.2) is 13.7 Å². The second kappa shape index (κ2) is 4.06. The molecular formula is C9H15NO. The highest BCUT2D eigenvalue weighted by Gasteiger charge is 2.06. The van der Waals surface area contributed by atoms with Gasteiger partial charge in [0, 0.05) is 13.5 Å². The van der Waals surface area contributed by atoms with Gasteiger partial charge in [-0.25, -0.2) is 0 Å². The van der Waals surface area contributed by atoms with Gasteiger partial charge in [0.1, 0.15) is 5.76 Å². The lowest BCUT2D eigenvalue weighted by atomic mass is 10.1. The summed E-state index contributed by atoms with van der Waals surface area (Å²) in [4.78, 5) is 0. The minimum atomic E-state index is 0.758. The molecule has 1 rings (SSSR count). The molecule has 62 valence electrons. The Bertz CT molecular complexity index is 182. The van der Waals surface area contributed by atoms with E-state index in [0.29, 0.717) is 0 Å². The normalized spacial score (nSPS) is 16.9. The molecule has 0 unspecified atom stereocenters. The van der Waals surface area contributed by atoms with Crippen LogP contribution in [-0.2, 0) is 4.74 Å². The van der Waals surface area contributed by atoms with Crippen molar-refractivity contribution in [2.45, 2.75) is 19.8 Å². The van der Waals surface area contributed by atoms with Crippen molar-refractivity contribution in [2.75, 3.05) is 13.7 Å². The Morgan fingerprint density at radius 2 is 2.45 bits per heavy atom. The first-order chi connectivity index (χ1) is 5.38. The Balaban J connectivity index is 2.66. The van der Waals surface area contributed by atoms with E-state index in [1.54, 1.807) is 0 Å². The lowest BCUT2D eigenvalue weighted by Crippen LogP contribution is -2.11. The number of hydrogen-bond acceptors (Lipinski definition) is 2. The molecule has 0 bridgehead atoms. The predicted octanol–water partition coefficient (Wildman–Crippen LogP) is 1.80. The van der Waals surface area contributed by atoms with Gasteiger partial charge in [-0.3, -0.25) is 0 Å². The first-order valence-electron chi connectivity index (χ1n) is 4.08. The van der Waals surface area contributed by atoms with Crippen LogP contribution in [0.15, 0.2) is 23.6 Å². The molecule has 0 spiro atoms. The van der Waals surface area contributed by atoms with E-state index in [-0.39, 0.29) is 0 Å². The molecule has 0 fully saturated rings. The lowest BCUT2D eigenvalue weighted by molar-refractivity contribution is 0.213. The van der Waals surface area contributed by atoms with Crippen LogP contribution in [0.2, 0.25) is 0 Å². The summed E-state index contributed by atoms with van der Waals surface area (Å²) in [5.41, 5.74) is 1.12. The third-order valence-corrected chi connectivity index (χ3v) is 1.71. The van der Waals surface area contributed by atoms with Gasteiger partial charge in [0.15, 0.2) is 0 Å². The average molecular weight is 153 g/mol. The van der Waals surface area contributed by atoms with Gasteiger partial charge in [-0.2, -0.15) is 0 Å². The van der Waals surface area contributed by atoms with Crippen molar-refractivity contribution in [3.63, 3.8) is 0 Å². The summed E-state index contributed by atoms with van der Waals surface area (Å²) in [6, 6.07) is 0. The number of allylic oxidation sites excluding steroid dienone is 3. The second-order valence-corrected chi connectivity index (χ2v) is 2.46. The fourth-order valence-electron chi connectivity index (χ4n) is 1.19. The largest absolute Gasteiger partial charge is 0.496 e. The van der Waals surface area contributed by atoms with E-state index in [4.69, 9.17) is 4.74 Å². The molecule has 0 saturated heterocycles. The Morgan fingerprint density at radius 3 is 3.09 bits per heavy atom. The summed E-state index contributed by atoms with van der Waals surface area (Å²) in [7, 11) is 1.92. The standard InChI is InChI=1S/C9H15NO/c1-3-11-9-7-5-4-6-8(9)10-2/h4,6,10H,3,5,7H2,1-2H3. The minimum absolute atomic E-state index is 0.758. The summed E-state index contributed by atoms with van der Waals surface area (Å²) in [6.07, 6.45) is 6.36. The number of hydrogen-bond donors (Lipinski definition) is 1. The molecule has 0 aliphatic heterocycles. The van der Waals surface area contributed by atoms with Gasteiger partial charge < -0.3 is 10.1 Å². The van der Waals surface area contributed by atoms with Crippen LogP contribution in [0.25, 0.3) is 0 Å². The second-order valence-electron chi connectivity index (χ2n) is 2.46. The highest BCUT2D eigenvalue weighted by atomic mass is 16.5. The van der Waals surface area contributed by atoms with Crippen molar-refractivity contribution in [3.05, 3.63) is 23.6 Å². The third-order valence-electron chi connectivity index (χ3n) is 1.71. The van der Waals surface area contributed by atoms with Crippen molar-refractivity contribution in [1.29, 1.82) is 0 Å². The fraction of sp³-hybridized carbons (Fsp3) is 0.556. The molecule has 2 heteroatoms. The van der Waals surface area contributed by atoms with E-state index >= 15 is 0 Å². The number of likely N-dealkylation sites (N-methyl/N-ethyl adjacent to an activating group) is 1. The molecular weight excluding hydrogens is 138 g/mol. The molecule has 1 aliphatic rings. The van der Waals surface area contributed by atoms with Crippen LogP contribution in [0.5, 0.6) is 0 Å². The van der Waals surface area contributed by atoms with E-state index in [9.17, 15) is 0 Å². The molecule has 1 N–H and O–H groups in total. The fourth-order valence-corrected chi connectivity index (χ4v) is 1.19.